The van der Waals surface area contributed by atoms with Gasteiger partial charge in [0.2, 0.25) is 0 Å². The van der Waals surface area contributed by atoms with Crippen molar-refractivity contribution < 1.29 is 0 Å². The molecule has 0 radical (unpaired) electrons. The van der Waals surface area contributed by atoms with E-state index in [1.165, 1.54) is 18.6 Å². The predicted octanol–water partition coefficient (Wildman–Crippen LogP) is 2.14. The number of hydrogen-bond acceptors (Lipinski definition) is 3. The fourth-order valence-corrected chi connectivity index (χ4v) is 1.82. The second kappa shape index (κ2) is 7.77. The summed E-state index contributed by atoms with van der Waals surface area (Å²) in [5, 5.41) is 3.35. The van der Waals surface area contributed by atoms with Gasteiger partial charge in [0.1, 0.15) is 0 Å². The smallest absolute Gasteiger partial charge is 0.0949 e. The highest BCUT2D eigenvalue weighted by molar-refractivity contribution is 7.98. The zero-order valence-electron chi connectivity index (χ0n) is 9.70. The lowest BCUT2D eigenvalue weighted by Gasteiger charge is -2.00. The number of rotatable bonds is 8. The van der Waals surface area contributed by atoms with Gasteiger partial charge in [0, 0.05) is 19.3 Å². The molecule has 0 fully saturated rings. The van der Waals surface area contributed by atoms with Crippen molar-refractivity contribution in [1.29, 1.82) is 0 Å². The van der Waals surface area contributed by atoms with E-state index < -0.39 is 0 Å². The third-order valence-electron chi connectivity index (χ3n) is 2.18. The van der Waals surface area contributed by atoms with Crippen molar-refractivity contribution in [1.82, 2.24) is 14.9 Å². The molecule has 1 N–H and O–H groups in total. The first-order valence-corrected chi connectivity index (χ1v) is 6.96. The Morgan fingerprint density at radius 2 is 2.40 bits per heavy atom. The van der Waals surface area contributed by atoms with Crippen molar-refractivity contribution in [2.75, 3.05) is 18.6 Å². The number of hydrogen-bond donors (Lipinski definition) is 1. The van der Waals surface area contributed by atoms with Crippen LogP contribution in [0.2, 0.25) is 0 Å². The van der Waals surface area contributed by atoms with Crippen LogP contribution in [0, 0.1) is 0 Å². The maximum Gasteiger partial charge on any atom is 0.0949 e. The number of thioether (sulfide) groups is 1. The quantitative estimate of drug-likeness (QED) is 0.690. The Morgan fingerprint density at radius 3 is 3.13 bits per heavy atom. The Morgan fingerprint density at radius 1 is 1.53 bits per heavy atom. The van der Waals surface area contributed by atoms with E-state index in [9.17, 15) is 0 Å². The molecule has 1 heterocycles. The number of nitrogens with one attached hydrogen (secondary N) is 1. The Bertz CT molecular complexity index is 236. The van der Waals surface area contributed by atoms with Crippen molar-refractivity contribution in [3.05, 3.63) is 18.2 Å². The van der Waals surface area contributed by atoms with E-state index in [4.69, 9.17) is 0 Å². The molecule has 86 valence electrons. The van der Waals surface area contributed by atoms with Crippen molar-refractivity contribution in [2.24, 2.45) is 0 Å². The molecular weight excluding hydrogens is 206 g/mol. The largest absolute Gasteiger partial charge is 0.337 e. The topological polar surface area (TPSA) is 29.9 Å². The minimum Gasteiger partial charge on any atom is -0.337 e. The van der Waals surface area contributed by atoms with Gasteiger partial charge in [0.05, 0.1) is 12.0 Å². The normalized spacial score (nSPS) is 10.8. The summed E-state index contributed by atoms with van der Waals surface area (Å²) in [5.74, 6) is 1.22. The number of imidazole rings is 1. The van der Waals surface area contributed by atoms with Crippen LogP contribution in [0.4, 0.5) is 0 Å². The van der Waals surface area contributed by atoms with Gasteiger partial charge < -0.3 is 9.88 Å². The van der Waals surface area contributed by atoms with E-state index in [0.29, 0.717) is 0 Å². The van der Waals surface area contributed by atoms with E-state index in [2.05, 4.69) is 34.2 Å². The first-order valence-electron chi connectivity index (χ1n) is 5.57. The van der Waals surface area contributed by atoms with Crippen LogP contribution >= 0.6 is 11.8 Å². The monoisotopic (exact) mass is 227 g/mol. The minimum atomic E-state index is 0.892. The van der Waals surface area contributed by atoms with Crippen LogP contribution < -0.4 is 5.32 Å². The first-order chi connectivity index (χ1) is 7.36. The highest BCUT2D eigenvalue weighted by Crippen LogP contribution is 2.01. The SMILES string of the molecule is CCCNCc1cn(CCCSC)cn1. The van der Waals surface area contributed by atoms with Gasteiger partial charge in [0.25, 0.3) is 0 Å². The molecule has 15 heavy (non-hydrogen) atoms. The zero-order valence-corrected chi connectivity index (χ0v) is 10.5. The zero-order chi connectivity index (χ0) is 10.9. The summed E-state index contributed by atoms with van der Waals surface area (Å²) in [5.41, 5.74) is 1.15. The van der Waals surface area contributed by atoms with Gasteiger partial charge in [-0.1, -0.05) is 6.92 Å². The molecule has 0 saturated carbocycles. The van der Waals surface area contributed by atoms with Gasteiger partial charge in [-0.3, -0.25) is 0 Å². The van der Waals surface area contributed by atoms with E-state index in [0.717, 1.165) is 25.3 Å². The van der Waals surface area contributed by atoms with E-state index in [1.54, 1.807) is 0 Å². The minimum absolute atomic E-state index is 0.892. The second-order valence-corrected chi connectivity index (χ2v) is 4.61. The van der Waals surface area contributed by atoms with Crippen molar-refractivity contribution in [2.45, 2.75) is 32.9 Å². The van der Waals surface area contributed by atoms with Gasteiger partial charge in [0.15, 0.2) is 0 Å². The molecule has 1 aromatic rings. The van der Waals surface area contributed by atoms with Crippen molar-refractivity contribution in [3.63, 3.8) is 0 Å². The average Bonchev–Trinajstić information content (AvgIpc) is 2.67. The molecule has 0 aliphatic carbocycles. The summed E-state index contributed by atoms with van der Waals surface area (Å²) in [6, 6.07) is 0. The molecule has 1 aromatic heterocycles. The Hall–Kier alpha value is -0.480. The second-order valence-electron chi connectivity index (χ2n) is 3.63. The maximum absolute atomic E-state index is 4.36. The van der Waals surface area contributed by atoms with Crippen molar-refractivity contribution >= 4 is 11.8 Å². The molecule has 3 nitrogen and oxygen atoms in total. The lowest BCUT2D eigenvalue weighted by molar-refractivity contribution is 0.661. The Balaban J connectivity index is 2.23. The van der Waals surface area contributed by atoms with Crippen molar-refractivity contribution in [3.8, 4) is 0 Å². The predicted molar refractivity (Wildman–Crippen MR) is 67.2 cm³/mol. The standard InChI is InChI=1S/C11H21N3S/c1-3-5-12-8-11-9-14(10-13-11)6-4-7-15-2/h9-10,12H,3-8H2,1-2H3. The van der Waals surface area contributed by atoms with Crippen LogP contribution in [0.5, 0.6) is 0 Å². The van der Waals surface area contributed by atoms with Crippen LogP contribution in [0.25, 0.3) is 0 Å². The van der Waals surface area contributed by atoms with Gasteiger partial charge in [-0.05, 0) is 31.4 Å². The molecule has 0 atom stereocenters. The lowest BCUT2D eigenvalue weighted by atomic mass is 10.4. The van der Waals surface area contributed by atoms with E-state index in [-0.39, 0.29) is 0 Å². The van der Waals surface area contributed by atoms with Gasteiger partial charge >= 0.3 is 0 Å². The average molecular weight is 227 g/mol. The molecule has 0 unspecified atom stereocenters. The summed E-state index contributed by atoms with van der Waals surface area (Å²) < 4.78 is 2.18. The van der Waals surface area contributed by atoms with Crippen LogP contribution in [0.3, 0.4) is 0 Å². The van der Waals surface area contributed by atoms with Crippen LogP contribution in [-0.2, 0) is 13.1 Å². The summed E-state index contributed by atoms with van der Waals surface area (Å²) in [4.78, 5) is 4.36. The number of nitrogens with zero attached hydrogens (tertiary/aromatic N) is 2. The summed E-state index contributed by atoms with van der Waals surface area (Å²) in [7, 11) is 0. The molecule has 4 heteroatoms. The van der Waals surface area contributed by atoms with Gasteiger partial charge in [-0.2, -0.15) is 11.8 Å². The summed E-state index contributed by atoms with van der Waals surface area (Å²) >= 11 is 1.90. The Kier molecular flexibility index (Phi) is 6.52. The highest BCUT2D eigenvalue weighted by Gasteiger charge is 1.97. The molecule has 0 aliphatic rings. The number of aryl methyl sites for hydroxylation is 1. The van der Waals surface area contributed by atoms with Crippen LogP contribution in [0.1, 0.15) is 25.5 Å². The molecule has 0 aromatic carbocycles. The number of aromatic nitrogens is 2. The molecule has 0 bridgehead atoms. The lowest BCUT2D eigenvalue weighted by Crippen LogP contribution is -2.13. The fraction of sp³-hybridized carbons (Fsp3) is 0.727. The Labute approximate surface area is 96.7 Å². The molecule has 1 rings (SSSR count). The maximum atomic E-state index is 4.36. The molecule has 0 amide bonds. The molecule has 0 aliphatic heterocycles. The van der Waals surface area contributed by atoms with Gasteiger partial charge in [-0.25, -0.2) is 4.98 Å². The fourth-order valence-electron chi connectivity index (χ4n) is 1.40. The van der Waals surface area contributed by atoms with Gasteiger partial charge in [-0.15, -0.1) is 0 Å². The highest BCUT2D eigenvalue weighted by atomic mass is 32.2. The van der Waals surface area contributed by atoms with E-state index >= 15 is 0 Å². The van der Waals surface area contributed by atoms with Crippen LogP contribution in [0.15, 0.2) is 12.5 Å². The summed E-state index contributed by atoms with van der Waals surface area (Å²) in [6.45, 7) is 5.22. The van der Waals surface area contributed by atoms with Crippen LogP contribution in [-0.4, -0.2) is 28.1 Å². The molecular formula is C11H21N3S. The molecule has 0 saturated heterocycles. The first kappa shape index (κ1) is 12.6. The van der Waals surface area contributed by atoms with E-state index in [1.807, 2.05) is 18.1 Å². The summed E-state index contributed by atoms with van der Waals surface area (Å²) in [6.07, 6.45) is 8.62. The third kappa shape index (κ3) is 5.23. The molecule has 0 spiro atoms. The third-order valence-corrected chi connectivity index (χ3v) is 2.88.